The van der Waals surface area contributed by atoms with Gasteiger partial charge in [-0.25, -0.2) is 0 Å². The first-order valence-corrected chi connectivity index (χ1v) is 4.39. The van der Waals surface area contributed by atoms with Gasteiger partial charge in [-0.05, 0) is 6.92 Å². The Bertz CT molecular complexity index is 295. The van der Waals surface area contributed by atoms with E-state index in [-0.39, 0.29) is 0 Å². The summed E-state index contributed by atoms with van der Waals surface area (Å²) in [5.74, 6) is -2.42. The van der Waals surface area contributed by atoms with E-state index in [4.69, 9.17) is 4.55 Å². The van der Waals surface area contributed by atoms with Gasteiger partial charge in [-0.1, -0.05) is 0 Å². The first-order chi connectivity index (χ1) is 5.55. The van der Waals surface area contributed by atoms with E-state index >= 15 is 0 Å². The van der Waals surface area contributed by atoms with E-state index in [0.29, 0.717) is 6.92 Å². The largest absolute Gasteiger partial charge is 0.471 e. The maximum Gasteiger partial charge on any atom is 0.471 e. The molecule has 0 radical (unpaired) electrons. The second-order valence-electron chi connectivity index (χ2n) is 2.13. The lowest BCUT2D eigenvalue weighted by Gasteiger charge is -2.11. The zero-order chi connectivity index (χ0) is 10.9. The Morgan fingerprint density at radius 2 is 1.85 bits per heavy atom. The van der Waals surface area contributed by atoms with Crippen LogP contribution in [0.1, 0.15) is 6.92 Å². The third-order valence-corrected chi connectivity index (χ3v) is 2.05. The Hall–Kier alpha value is -0.830. The highest BCUT2D eigenvalue weighted by molar-refractivity contribution is 7.86. The summed E-state index contributed by atoms with van der Waals surface area (Å²) in [7, 11) is -4.69. The molecule has 5 nitrogen and oxygen atoms in total. The van der Waals surface area contributed by atoms with Gasteiger partial charge in [0.25, 0.3) is 10.1 Å². The number of nitrogens with one attached hydrogen (secondary N) is 1. The monoisotopic (exact) mass is 221 g/mol. The van der Waals surface area contributed by atoms with Crippen molar-refractivity contribution in [3.8, 4) is 0 Å². The molecule has 0 bridgehead atoms. The maximum atomic E-state index is 11.5. The summed E-state index contributed by atoms with van der Waals surface area (Å²) < 4.78 is 63.1. The molecule has 0 spiro atoms. The van der Waals surface area contributed by atoms with Gasteiger partial charge in [0.2, 0.25) is 0 Å². The van der Waals surface area contributed by atoms with Crippen molar-refractivity contribution in [3.05, 3.63) is 0 Å². The van der Waals surface area contributed by atoms with Crippen LogP contribution in [0.2, 0.25) is 0 Å². The maximum absolute atomic E-state index is 11.5. The number of halogens is 3. The van der Waals surface area contributed by atoms with Crippen LogP contribution in [0.25, 0.3) is 0 Å². The van der Waals surface area contributed by atoms with E-state index < -0.39 is 27.6 Å². The molecule has 1 amide bonds. The average molecular weight is 221 g/mol. The third-order valence-electron chi connectivity index (χ3n) is 1.04. The summed E-state index contributed by atoms with van der Waals surface area (Å²) in [6.45, 7) is 0.707. The van der Waals surface area contributed by atoms with Crippen molar-refractivity contribution in [3.63, 3.8) is 0 Å². The van der Waals surface area contributed by atoms with Crippen LogP contribution in [-0.4, -0.2) is 30.4 Å². The Kier molecular flexibility index (Phi) is 3.28. The van der Waals surface area contributed by atoms with E-state index in [1.54, 1.807) is 0 Å². The minimum Gasteiger partial charge on any atom is -0.330 e. The summed E-state index contributed by atoms with van der Waals surface area (Å²) in [6, 6.07) is 0. The first-order valence-electron chi connectivity index (χ1n) is 2.89. The fourth-order valence-corrected chi connectivity index (χ4v) is 0.597. The first kappa shape index (κ1) is 12.2. The van der Waals surface area contributed by atoms with Gasteiger partial charge in [0.05, 0.1) is 0 Å². The van der Waals surface area contributed by atoms with Gasteiger partial charge in [0, 0.05) is 0 Å². The molecule has 0 saturated heterocycles. The molecule has 1 unspecified atom stereocenters. The van der Waals surface area contributed by atoms with Gasteiger partial charge in [-0.3, -0.25) is 9.35 Å². The van der Waals surface area contributed by atoms with Crippen LogP contribution in [0.4, 0.5) is 13.2 Å². The quantitative estimate of drug-likeness (QED) is 0.638. The minimum atomic E-state index is -5.17. The number of carbonyl (C=O) groups excluding carboxylic acids is 1. The molecule has 0 aromatic carbocycles. The second kappa shape index (κ2) is 3.50. The number of amides is 1. The molecular weight excluding hydrogens is 215 g/mol. The van der Waals surface area contributed by atoms with Gasteiger partial charge in [-0.15, -0.1) is 0 Å². The Balaban J connectivity index is 4.42. The number of alkyl halides is 3. The molecule has 2 N–H and O–H groups in total. The lowest BCUT2D eigenvalue weighted by Crippen LogP contribution is -2.45. The van der Waals surface area contributed by atoms with Crippen molar-refractivity contribution in [2.45, 2.75) is 18.5 Å². The lowest BCUT2D eigenvalue weighted by molar-refractivity contribution is -0.173. The SMILES string of the molecule is CC(NC(=O)C(F)(F)F)S(=O)(=O)O. The molecular formula is C4H6F3NO4S. The van der Waals surface area contributed by atoms with Gasteiger partial charge in [0.15, 0.2) is 5.37 Å². The van der Waals surface area contributed by atoms with Crippen LogP contribution in [0.15, 0.2) is 0 Å². The molecule has 0 aliphatic carbocycles. The van der Waals surface area contributed by atoms with E-state index in [1.165, 1.54) is 0 Å². The Morgan fingerprint density at radius 3 is 2.08 bits per heavy atom. The molecule has 0 aliphatic heterocycles. The zero-order valence-corrected chi connectivity index (χ0v) is 7.11. The highest BCUT2D eigenvalue weighted by atomic mass is 32.2. The van der Waals surface area contributed by atoms with Gasteiger partial charge >= 0.3 is 12.1 Å². The highest BCUT2D eigenvalue weighted by Crippen LogP contribution is 2.14. The molecule has 78 valence electrons. The van der Waals surface area contributed by atoms with Crippen LogP contribution in [0, 0.1) is 0 Å². The van der Waals surface area contributed by atoms with Gasteiger partial charge < -0.3 is 5.32 Å². The van der Waals surface area contributed by atoms with E-state index in [1.807, 2.05) is 0 Å². The Morgan fingerprint density at radius 1 is 1.46 bits per heavy atom. The van der Waals surface area contributed by atoms with Crippen LogP contribution >= 0.6 is 0 Å². The van der Waals surface area contributed by atoms with Crippen LogP contribution in [0.5, 0.6) is 0 Å². The molecule has 0 saturated carbocycles. The molecule has 0 fully saturated rings. The minimum absolute atomic E-state index is 0.707. The second-order valence-corrected chi connectivity index (χ2v) is 3.87. The summed E-state index contributed by atoms with van der Waals surface area (Å²) in [4.78, 5) is 10.1. The van der Waals surface area contributed by atoms with Crippen molar-refractivity contribution in [1.82, 2.24) is 5.32 Å². The zero-order valence-electron chi connectivity index (χ0n) is 6.29. The molecule has 0 aliphatic rings. The van der Waals surface area contributed by atoms with Crippen molar-refractivity contribution in [2.24, 2.45) is 0 Å². The van der Waals surface area contributed by atoms with E-state index in [9.17, 15) is 26.4 Å². The number of hydrogen-bond donors (Lipinski definition) is 2. The summed E-state index contributed by atoms with van der Waals surface area (Å²) >= 11 is 0. The summed E-state index contributed by atoms with van der Waals surface area (Å²) in [6.07, 6.45) is -5.17. The smallest absolute Gasteiger partial charge is 0.330 e. The normalized spacial score (nSPS) is 15.2. The van der Waals surface area contributed by atoms with E-state index in [0.717, 1.165) is 5.32 Å². The molecule has 0 rings (SSSR count). The summed E-state index contributed by atoms with van der Waals surface area (Å²) in [5.41, 5.74) is 0. The van der Waals surface area contributed by atoms with Gasteiger partial charge in [0.1, 0.15) is 0 Å². The molecule has 0 aromatic rings. The van der Waals surface area contributed by atoms with Crippen molar-refractivity contribution < 1.29 is 30.9 Å². The molecule has 9 heteroatoms. The molecule has 0 aromatic heterocycles. The predicted molar refractivity (Wildman–Crippen MR) is 35.2 cm³/mol. The van der Waals surface area contributed by atoms with E-state index in [2.05, 4.69) is 0 Å². The lowest BCUT2D eigenvalue weighted by atomic mass is 10.5. The Labute approximate surface area is 71.7 Å². The highest BCUT2D eigenvalue weighted by Gasteiger charge is 2.40. The summed E-state index contributed by atoms with van der Waals surface area (Å²) in [5, 5.41) is -0.927. The van der Waals surface area contributed by atoms with Gasteiger partial charge in [-0.2, -0.15) is 21.6 Å². The predicted octanol–water partition coefficient (Wildman–Crippen LogP) is -0.101. The van der Waals surface area contributed by atoms with Crippen molar-refractivity contribution >= 4 is 16.0 Å². The molecule has 13 heavy (non-hydrogen) atoms. The fourth-order valence-electron chi connectivity index (χ4n) is 0.341. The topological polar surface area (TPSA) is 83.5 Å². The molecule has 0 heterocycles. The number of rotatable bonds is 2. The van der Waals surface area contributed by atoms with Crippen molar-refractivity contribution in [1.29, 1.82) is 0 Å². The standard InChI is InChI=1S/C4H6F3NO4S/c1-2(13(10,11)12)8-3(9)4(5,6)7/h2H,1H3,(H,8,9)(H,10,11,12). The van der Waals surface area contributed by atoms with Crippen LogP contribution in [0.3, 0.4) is 0 Å². The number of carbonyl (C=O) groups is 1. The average Bonchev–Trinajstić information content (AvgIpc) is 1.82. The number of hydrogen-bond acceptors (Lipinski definition) is 3. The molecule has 1 atom stereocenters. The van der Waals surface area contributed by atoms with Crippen molar-refractivity contribution in [2.75, 3.05) is 0 Å². The van der Waals surface area contributed by atoms with Crippen LogP contribution in [-0.2, 0) is 14.9 Å². The van der Waals surface area contributed by atoms with Crippen LogP contribution < -0.4 is 5.32 Å². The fraction of sp³-hybridized carbons (Fsp3) is 0.750. The third kappa shape index (κ3) is 4.08.